The first-order valence-corrected chi connectivity index (χ1v) is 10.3. The van der Waals surface area contributed by atoms with Crippen molar-refractivity contribution < 1.29 is 17.9 Å². The molecule has 1 aromatic carbocycles. The Bertz CT molecular complexity index is 757. The zero-order valence-electron chi connectivity index (χ0n) is 15.7. The molecule has 2 atom stereocenters. The van der Waals surface area contributed by atoms with Gasteiger partial charge in [-0.2, -0.15) is 4.31 Å². The number of halogens is 2. The molecule has 2 saturated heterocycles. The zero-order valence-corrected chi connectivity index (χ0v) is 18.2. The molecule has 2 aliphatic heterocycles. The van der Waals surface area contributed by atoms with Crippen molar-refractivity contribution in [2.45, 2.75) is 29.9 Å². The fourth-order valence-electron chi connectivity index (χ4n) is 3.21. The van der Waals surface area contributed by atoms with E-state index in [2.05, 4.69) is 10.2 Å². The van der Waals surface area contributed by atoms with Gasteiger partial charge < -0.3 is 20.7 Å². The molecule has 160 valence electrons. The van der Waals surface area contributed by atoms with Gasteiger partial charge in [0.05, 0.1) is 11.0 Å². The van der Waals surface area contributed by atoms with E-state index in [1.807, 2.05) is 7.05 Å². The fourth-order valence-corrected chi connectivity index (χ4v) is 4.68. The Balaban J connectivity index is 0.00000196. The first-order chi connectivity index (χ1) is 12.4. The number of hydrogen-bond donors (Lipinski definition) is 2. The van der Waals surface area contributed by atoms with Crippen molar-refractivity contribution >= 4 is 46.4 Å². The van der Waals surface area contributed by atoms with Gasteiger partial charge in [0.2, 0.25) is 10.0 Å². The Morgan fingerprint density at radius 2 is 1.89 bits per heavy atom. The highest BCUT2D eigenvalue weighted by molar-refractivity contribution is 7.89. The number of nitrogens with two attached hydrogens (primary N) is 1. The van der Waals surface area contributed by atoms with Crippen LogP contribution < -0.4 is 11.1 Å². The van der Waals surface area contributed by atoms with Crippen LogP contribution in [-0.4, -0.2) is 75.5 Å². The van der Waals surface area contributed by atoms with Crippen molar-refractivity contribution in [3.8, 4) is 0 Å². The number of benzene rings is 1. The molecule has 3 rings (SSSR count). The Morgan fingerprint density at radius 1 is 1.21 bits per heavy atom. The molecular formula is C17H28Cl2N4O4S. The number of anilines is 1. The van der Waals surface area contributed by atoms with Crippen molar-refractivity contribution in [1.82, 2.24) is 9.21 Å². The van der Waals surface area contributed by atoms with Crippen molar-refractivity contribution in [3.05, 3.63) is 24.3 Å². The van der Waals surface area contributed by atoms with Crippen LogP contribution >= 0.6 is 24.8 Å². The molecule has 11 heteroatoms. The summed E-state index contributed by atoms with van der Waals surface area (Å²) in [6, 6.07) is 6.37. The molecule has 1 amide bonds. The second kappa shape index (κ2) is 10.7. The lowest BCUT2D eigenvalue weighted by Crippen LogP contribution is -2.47. The van der Waals surface area contributed by atoms with Gasteiger partial charge in [0, 0.05) is 38.4 Å². The molecule has 0 radical (unpaired) electrons. The highest BCUT2D eigenvalue weighted by atomic mass is 35.5. The van der Waals surface area contributed by atoms with E-state index in [1.165, 1.54) is 10.4 Å². The maximum absolute atomic E-state index is 12.8. The van der Waals surface area contributed by atoms with Crippen LogP contribution in [0.25, 0.3) is 0 Å². The zero-order chi connectivity index (χ0) is 18.7. The van der Waals surface area contributed by atoms with Crippen molar-refractivity contribution in [1.29, 1.82) is 0 Å². The largest absolute Gasteiger partial charge is 0.364 e. The average molecular weight is 455 g/mol. The number of sulfonamides is 1. The molecule has 2 heterocycles. The highest BCUT2D eigenvalue weighted by Gasteiger charge is 2.31. The van der Waals surface area contributed by atoms with E-state index >= 15 is 0 Å². The second-order valence-corrected chi connectivity index (χ2v) is 8.72. The summed E-state index contributed by atoms with van der Waals surface area (Å²) in [5.74, 6) is -0.268. The highest BCUT2D eigenvalue weighted by Crippen LogP contribution is 2.23. The number of likely N-dealkylation sites (N-methyl/N-ethyl adjacent to an activating group) is 1. The van der Waals surface area contributed by atoms with E-state index in [0.29, 0.717) is 44.8 Å². The van der Waals surface area contributed by atoms with E-state index < -0.39 is 16.1 Å². The van der Waals surface area contributed by atoms with Crippen molar-refractivity contribution in [3.63, 3.8) is 0 Å². The molecule has 0 bridgehead atoms. The summed E-state index contributed by atoms with van der Waals surface area (Å²) in [7, 11) is -1.60. The monoisotopic (exact) mass is 454 g/mol. The molecule has 0 saturated carbocycles. The van der Waals surface area contributed by atoms with Gasteiger partial charge in [0.25, 0.3) is 5.91 Å². The Labute approximate surface area is 178 Å². The summed E-state index contributed by atoms with van der Waals surface area (Å²) in [5, 5.41) is 2.76. The maximum Gasteiger partial charge on any atom is 0.253 e. The number of piperazine rings is 1. The Morgan fingerprint density at radius 3 is 2.50 bits per heavy atom. The summed E-state index contributed by atoms with van der Waals surface area (Å²) in [4.78, 5) is 14.6. The van der Waals surface area contributed by atoms with Crippen LogP contribution in [0, 0.1) is 0 Å². The molecule has 0 spiro atoms. The third-order valence-corrected chi connectivity index (χ3v) is 6.76. The minimum Gasteiger partial charge on any atom is -0.364 e. The van der Waals surface area contributed by atoms with E-state index in [1.54, 1.807) is 18.2 Å². The molecule has 0 aliphatic carbocycles. The van der Waals surface area contributed by atoms with E-state index in [4.69, 9.17) is 10.5 Å². The standard InChI is InChI=1S/C17H26N4O4S.2ClH/c1-20-7-9-21(10-8-20)26(23,24)15-4-2-3-13(11-15)19-17(22)16-6-5-14(12-18)25-16;;/h2-4,11,14,16H,5-10,12,18H2,1H3,(H,19,22);2*1H/t14-,16+;;/m1../s1. The summed E-state index contributed by atoms with van der Waals surface area (Å²) >= 11 is 0. The summed E-state index contributed by atoms with van der Waals surface area (Å²) < 4.78 is 32.7. The van der Waals surface area contributed by atoms with Crippen LogP contribution in [0.5, 0.6) is 0 Å². The number of hydrogen-bond acceptors (Lipinski definition) is 6. The SMILES string of the molecule is CN1CCN(S(=O)(=O)c2cccc(NC(=O)[C@@H]3CC[C@H](CN)O3)c2)CC1.Cl.Cl. The lowest BCUT2D eigenvalue weighted by molar-refractivity contribution is -0.126. The lowest BCUT2D eigenvalue weighted by Gasteiger charge is -2.31. The summed E-state index contributed by atoms with van der Waals surface area (Å²) in [6.45, 7) is 2.73. The van der Waals surface area contributed by atoms with Crippen LogP contribution in [-0.2, 0) is 19.6 Å². The molecule has 0 unspecified atom stereocenters. The van der Waals surface area contributed by atoms with Crippen LogP contribution in [0.4, 0.5) is 5.69 Å². The van der Waals surface area contributed by atoms with Gasteiger partial charge in [-0.05, 0) is 38.1 Å². The van der Waals surface area contributed by atoms with Gasteiger partial charge in [-0.3, -0.25) is 4.79 Å². The number of carbonyl (C=O) groups excluding carboxylic acids is 1. The molecule has 3 N–H and O–H groups in total. The van der Waals surface area contributed by atoms with E-state index in [0.717, 1.165) is 6.42 Å². The Kier molecular flexibility index (Phi) is 9.61. The molecular weight excluding hydrogens is 427 g/mol. The molecule has 0 aromatic heterocycles. The normalized spacial score (nSPS) is 23.5. The van der Waals surface area contributed by atoms with Gasteiger partial charge in [0.15, 0.2) is 0 Å². The predicted molar refractivity (Wildman–Crippen MR) is 113 cm³/mol. The van der Waals surface area contributed by atoms with E-state index in [-0.39, 0.29) is 41.7 Å². The van der Waals surface area contributed by atoms with Gasteiger partial charge in [-0.25, -0.2) is 8.42 Å². The van der Waals surface area contributed by atoms with Crippen LogP contribution in [0.2, 0.25) is 0 Å². The minimum atomic E-state index is -3.57. The van der Waals surface area contributed by atoms with Crippen LogP contribution in [0.3, 0.4) is 0 Å². The van der Waals surface area contributed by atoms with E-state index in [9.17, 15) is 13.2 Å². The number of carbonyl (C=O) groups is 1. The molecule has 2 aliphatic rings. The quantitative estimate of drug-likeness (QED) is 0.684. The molecule has 2 fully saturated rings. The predicted octanol–water partition coefficient (Wildman–Crippen LogP) is 0.911. The molecule has 28 heavy (non-hydrogen) atoms. The number of nitrogens with zero attached hydrogens (tertiary/aromatic N) is 2. The van der Waals surface area contributed by atoms with Crippen molar-refractivity contribution in [2.75, 3.05) is 45.1 Å². The topological polar surface area (TPSA) is 105 Å². The first kappa shape index (κ1) is 25.1. The third-order valence-electron chi connectivity index (χ3n) is 4.86. The lowest BCUT2D eigenvalue weighted by atomic mass is 10.2. The molecule has 8 nitrogen and oxygen atoms in total. The molecule has 1 aromatic rings. The van der Waals surface area contributed by atoms with Gasteiger partial charge >= 0.3 is 0 Å². The number of rotatable bonds is 5. The fraction of sp³-hybridized carbons (Fsp3) is 0.588. The second-order valence-electron chi connectivity index (χ2n) is 6.78. The third kappa shape index (κ3) is 5.79. The number of amides is 1. The van der Waals surface area contributed by atoms with Crippen molar-refractivity contribution in [2.24, 2.45) is 5.73 Å². The smallest absolute Gasteiger partial charge is 0.253 e. The Hall–Kier alpha value is -0.940. The minimum absolute atomic E-state index is 0. The van der Waals surface area contributed by atoms with Crippen LogP contribution in [0.1, 0.15) is 12.8 Å². The maximum atomic E-state index is 12.8. The van der Waals surface area contributed by atoms with Gasteiger partial charge in [-0.1, -0.05) is 6.07 Å². The summed E-state index contributed by atoms with van der Waals surface area (Å²) in [5.41, 5.74) is 6.01. The summed E-state index contributed by atoms with van der Waals surface area (Å²) in [6.07, 6.45) is 0.746. The van der Waals surface area contributed by atoms with Gasteiger partial charge in [0.1, 0.15) is 6.10 Å². The van der Waals surface area contributed by atoms with Gasteiger partial charge in [-0.15, -0.1) is 24.8 Å². The number of ether oxygens (including phenoxy) is 1. The first-order valence-electron chi connectivity index (χ1n) is 8.85. The average Bonchev–Trinajstić information content (AvgIpc) is 3.12. The number of nitrogens with one attached hydrogen (secondary N) is 1. The van der Waals surface area contributed by atoms with Crippen LogP contribution in [0.15, 0.2) is 29.2 Å².